The quantitative estimate of drug-likeness (QED) is 0.469. The molecule has 2 aromatic carbocycles. The highest BCUT2D eigenvalue weighted by atomic mass is 19.1. The highest BCUT2D eigenvalue weighted by Crippen LogP contribution is 2.22. The van der Waals surface area contributed by atoms with E-state index in [0.717, 1.165) is 44.5 Å². The van der Waals surface area contributed by atoms with Crippen LogP contribution in [0, 0.1) is 11.7 Å². The molecule has 0 atom stereocenters. The summed E-state index contributed by atoms with van der Waals surface area (Å²) in [7, 11) is 1.78. The first-order valence-corrected chi connectivity index (χ1v) is 11.9. The van der Waals surface area contributed by atoms with Crippen molar-refractivity contribution in [2.75, 3.05) is 31.5 Å². The highest BCUT2D eigenvalue weighted by molar-refractivity contribution is 5.89. The van der Waals surface area contributed by atoms with Crippen molar-refractivity contribution in [3.05, 3.63) is 59.9 Å². The van der Waals surface area contributed by atoms with Crippen LogP contribution < -0.4 is 10.6 Å². The average molecular weight is 466 g/mol. The smallest absolute Gasteiger partial charge is 0.319 e. The van der Waals surface area contributed by atoms with Gasteiger partial charge in [-0.15, -0.1) is 5.10 Å². The molecule has 0 radical (unpaired) electrons. The Morgan fingerprint density at radius 3 is 2.65 bits per heavy atom. The van der Waals surface area contributed by atoms with E-state index in [1.54, 1.807) is 23.9 Å². The Morgan fingerprint density at radius 2 is 1.91 bits per heavy atom. The summed E-state index contributed by atoms with van der Waals surface area (Å²) < 4.78 is 14.7. The summed E-state index contributed by atoms with van der Waals surface area (Å²) >= 11 is 0. The average Bonchev–Trinajstić information content (AvgIpc) is 3.27. The summed E-state index contributed by atoms with van der Waals surface area (Å²) in [6, 6.07) is 14.1. The number of carbonyl (C=O) groups is 1. The van der Waals surface area contributed by atoms with Gasteiger partial charge in [0.15, 0.2) is 5.82 Å². The third kappa shape index (κ3) is 6.84. The van der Waals surface area contributed by atoms with Gasteiger partial charge in [0.25, 0.3) is 0 Å². The minimum atomic E-state index is -0.213. The third-order valence-electron chi connectivity index (χ3n) is 6.33. The Morgan fingerprint density at radius 1 is 1.12 bits per heavy atom. The third-order valence-corrected chi connectivity index (χ3v) is 6.33. The van der Waals surface area contributed by atoms with Gasteiger partial charge in [-0.3, -0.25) is 0 Å². The van der Waals surface area contributed by atoms with E-state index in [1.165, 1.54) is 18.4 Å². The van der Waals surface area contributed by atoms with Crippen LogP contribution in [0.2, 0.25) is 0 Å². The van der Waals surface area contributed by atoms with Crippen LogP contribution >= 0.6 is 0 Å². The first kappa shape index (κ1) is 23.8. The molecular formula is C25H32FN7O. The van der Waals surface area contributed by atoms with Crippen LogP contribution in [0.25, 0.3) is 11.4 Å². The lowest BCUT2D eigenvalue weighted by atomic mass is 9.90. The summed E-state index contributed by atoms with van der Waals surface area (Å²) in [6.45, 7) is 3.91. The highest BCUT2D eigenvalue weighted by Gasteiger charge is 2.19. The fraction of sp³-hybridized carbons (Fsp3) is 0.440. The monoisotopic (exact) mass is 465 g/mol. The van der Waals surface area contributed by atoms with Gasteiger partial charge in [0.2, 0.25) is 0 Å². The number of unbranched alkanes of at least 4 members (excludes halogenated alkanes) is 1. The molecule has 1 saturated heterocycles. The number of benzene rings is 2. The van der Waals surface area contributed by atoms with Crippen LogP contribution in [0.5, 0.6) is 0 Å². The molecule has 4 rings (SSSR count). The number of piperidine rings is 1. The maximum atomic E-state index is 13.1. The fourth-order valence-corrected chi connectivity index (χ4v) is 4.42. The van der Waals surface area contributed by atoms with Gasteiger partial charge in [-0.25, -0.2) is 13.9 Å². The number of aryl methyl sites for hydroxylation is 1. The predicted octanol–water partition coefficient (Wildman–Crippen LogP) is 3.87. The van der Waals surface area contributed by atoms with E-state index in [-0.39, 0.29) is 11.8 Å². The number of aromatic nitrogens is 4. The van der Waals surface area contributed by atoms with Crippen LogP contribution in [0.15, 0.2) is 48.5 Å². The molecule has 180 valence electrons. The molecule has 0 saturated carbocycles. The zero-order chi connectivity index (χ0) is 23.8. The largest absolute Gasteiger partial charge is 0.338 e. The Kier molecular flexibility index (Phi) is 8.19. The molecule has 2 N–H and O–H groups in total. The number of tetrazole rings is 1. The molecule has 0 spiro atoms. The van der Waals surface area contributed by atoms with E-state index in [0.29, 0.717) is 24.0 Å². The summed E-state index contributed by atoms with van der Waals surface area (Å²) in [5.74, 6) is 1.15. The molecule has 0 bridgehead atoms. The van der Waals surface area contributed by atoms with Gasteiger partial charge < -0.3 is 15.5 Å². The second kappa shape index (κ2) is 11.7. The molecule has 34 heavy (non-hydrogen) atoms. The molecule has 1 fully saturated rings. The van der Waals surface area contributed by atoms with Crippen molar-refractivity contribution in [1.82, 2.24) is 30.4 Å². The number of hydrogen-bond acceptors (Lipinski definition) is 5. The van der Waals surface area contributed by atoms with Gasteiger partial charge in [0.05, 0.1) is 0 Å². The van der Waals surface area contributed by atoms with Crippen molar-refractivity contribution < 1.29 is 9.18 Å². The lowest BCUT2D eigenvalue weighted by Crippen LogP contribution is -2.35. The number of urea groups is 1. The van der Waals surface area contributed by atoms with Crippen molar-refractivity contribution in [1.29, 1.82) is 0 Å². The number of nitrogens with one attached hydrogen (secondary N) is 2. The number of hydrogen-bond donors (Lipinski definition) is 2. The Hall–Kier alpha value is -3.33. The Balaban J connectivity index is 1.09. The Labute approximate surface area is 199 Å². The zero-order valence-corrected chi connectivity index (χ0v) is 19.6. The van der Waals surface area contributed by atoms with E-state index in [2.05, 4.69) is 31.1 Å². The van der Waals surface area contributed by atoms with Crippen molar-refractivity contribution in [2.24, 2.45) is 13.0 Å². The molecule has 2 heterocycles. The molecule has 8 nitrogen and oxygen atoms in total. The van der Waals surface area contributed by atoms with E-state index >= 15 is 0 Å². The van der Waals surface area contributed by atoms with Crippen molar-refractivity contribution in [3.8, 4) is 11.4 Å². The molecule has 0 unspecified atom stereocenters. The number of amides is 2. The number of rotatable bonds is 9. The molecule has 1 aliphatic heterocycles. The second-order valence-corrected chi connectivity index (χ2v) is 8.91. The van der Waals surface area contributed by atoms with Gasteiger partial charge in [0.1, 0.15) is 5.82 Å². The SMILES string of the molecule is Cn1nnnc1-c1cccc(NC(=O)NCCCCN2CCC(Cc3ccc(F)cc3)CC2)c1. The lowest BCUT2D eigenvalue weighted by Gasteiger charge is -2.32. The number of halogens is 1. The van der Waals surface area contributed by atoms with Gasteiger partial charge >= 0.3 is 6.03 Å². The van der Waals surface area contributed by atoms with Gasteiger partial charge in [-0.2, -0.15) is 0 Å². The van der Waals surface area contributed by atoms with E-state index < -0.39 is 0 Å². The van der Waals surface area contributed by atoms with E-state index in [9.17, 15) is 9.18 Å². The first-order valence-electron chi connectivity index (χ1n) is 11.9. The van der Waals surface area contributed by atoms with Crippen LogP contribution in [0.4, 0.5) is 14.9 Å². The summed E-state index contributed by atoms with van der Waals surface area (Å²) in [6.07, 6.45) is 5.39. The maximum Gasteiger partial charge on any atom is 0.319 e. The Bertz CT molecular complexity index is 1060. The molecule has 2 amide bonds. The van der Waals surface area contributed by atoms with E-state index in [1.807, 2.05) is 36.4 Å². The number of carbonyl (C=O) groups excluding carboxylic acids is 1. The molecule has 0 aliphatic carbocycles. The van der Waals surface area contributed by atoms with E-state index in [4.69, 9.17) is 0 Å². The summed E-state index contributed by atoms with van der Waals surface area (Å²) in [5, 5.41) is 17.3. The predicted molar refractivity (Wildman–Crippen MR) is 130 cm³/mol. The first-order chi connectivity index (χ1) is 16.6. The maximum absolute atomic E-state index is 13.1. The van der Waals surface area contributed by atoms with Crippen LogP contribution in [-0.2, 0) is 13.5 Å². The van der Waals surface area contributed by atoms with Crippen LogP contribution in [-0.4, -0.2) is 57.3 Å². The normalized spacial score (nSPS) is 14.8. The summed E-state index contributed by atoms with van der Waals surface area (Å²) in [4.78, 5) is 14.8. The van der Waals surface area contributed by atoms with Crippen molar-refractivity contribution >= 4 is 11.7 Å². The molecular weight excluding hydrogens is 433 g/mol. The van der Waals surface area contributed by atoms with Crippen molar-refractivity contribution in [3.63, 3.8) is 0 Å². The number of nitrogens with zero attached hydrogens (tertiary/aromatic N) is 5. The fourth-order valence-electron chi connectivity index (χ4n) is 4.42. The second-order valence-electron chi connectivity index (χ2n) is 8.91. The molecule has 3 aromatic rings. The van der Waals surface area contributed by atoms with Gasteiger partial charge in [-0.1, -0.05) is 24.3 Å². The van der Waals surface area contributed by atoms with Gasteiger partial charge in [-0.05, 0) is 97.9 Å². The molecule has 1 aliphatic rings. The lowest BCUT2D eigenvalue weighted by molar-refractivity contribution is 0.181. The topological polar surface area (TPSA) is 88.0 Å². The van der Waals surface area contributed by atoms with Crippen LogP contribution in [0.1, 0.15) is 31.2 Å². The molecule has 1 aromatic heterocycles. The number of anilines is 1. The minimum absolute atomic E-state index is 0.171. The standard InChI is InChI=1S/C25H32FN7O/c1-32-24(29-30-31-32)21-5-4-6-23(18-21)28-25(34)27-13-2-3-14-33-15-11-20(12-16-33)17-19-7-9-22(26)10-8-19/h4-10,18,20H,2-3,11-17H2,1H3,(H2,27,28,34). The zero-order valence-electron chi connectivity index (χ0n) is 19.6. The van der Waals surface area contributed by atoms with Gasteiger partial charge in [0, 0.05) is 24.8 Å². The van der Waals surface area contributed by atoms with Crippen molar-refractivity contribution in [2.45, 2.75) is 32.1 Å². The summed E-state index contributed by atoms with van der Waals surface area (Å²) in [5.41, 5.74) is 2.76. The van der Waals surface area contributed by atoms with Crippen LogP contribution in [0.3, 0.4) is 0 Å². The molecule has 9 heteroatoms. The minimum Gasteiger partial charge on any atom is -0.338 e. The number of likely N-dealkylation sites (tertiary alicyclic amines) is 1.